The monoisotopic (exact) mass is 316 g/mol. The van der Waals surface area contributed by atoms with Crippen LogP contribution in [0.15, 0.2) is 18.3 Å². The summed E-state index contributed by atoms with van der Waals surface area (Å²) in [6.45, 7) is 0. The van der Waals surface area contributed by atoms with Crippen LogP contribution in [0.2, 0.25) is 0 Å². The zero-order valence-electron chi connectivity index (χ0n) is 14.0. The number of nitrogens with zero attached hydrogens (tertiary/aromatic N) is 3. The number of hydrogen-bond donors (Lipinski definition) is 1. The van der Waals surface area contributed by atoms with E-state index in [9.17, 15) is 0 Å². The molecule has 0 amide bonds. The molecule has 1 aromatic heterocycles. The molecular formula is C17H24N4O2. The fraction of sp³-hybridized carbons (Fsp3) is 0.529. The maximum absolute atomic E-state index is 6.21. The van der Waals surface area contributed by atoms with Crippen molar-refractivity contribution in [2.24, 2.45) is 0 Å². The first-order valence-corrected chi connectivity index (χ1v) is 8.00. The molecule has 0 radical (unpaired) electrons. The van der Waals surface area contributed by atoms with Crippen molar-refractivity contribution in [3.63, 3.8) is 0 Å². The van der Waals surface area contributed by atoms with Gasteiger partial charge in [-0.05, 0) is 45.8 Å². The van der Waals surface area contributed by atoms with Gasteiger partial charge in [0.15, 0.2) is 11.5 Å². The first-order valence-electron chi connectivity index (χ1n) is 8.00. The third kappa shape index (κ3) is 3.47. The largest absolute Gasteiger partial charge is 0.493 e. The van der Waals surface area contributed by atoms with Gasteiger partial charge in [0.2, 0.25) is 5.95 Å². The Morgan fingerprint density at radius 1 is 1.13 bits per heavy atom. The van der Waals surface area contributed by atoms with Crippen molar-refractivity contribution >= 4 is 16.9 Å². The maximum Gasteiger partial charge on any atom is 0.220 e. The molecule has 0 unspecified atom stereocenters. The fourth-order valence-electron chi connectivity index (χ4n) is 3.16. The second-order valence-corrected chi connectivity index (χ2v) is 6.30. The third-order valence-corrected chi connectivity index (χ3v) is 4.55. The summed E-state index contributed by atoms with van der Waals surface area (Å²) in [5.41, 5.74) is 6.40. The number of anilines is 1. The molecule has 2 N–H and O–H groups in total. The highest BCUT2D eigenvalue weighted by atomic mass is 16.5. The molecule has 0 atom stereocenters. The molecule has 0 spiro atoms. The third-order valence-electron chi connectivity index (χ3n) is 4.55. The van der Waals surface area contributed by atoms with Crippen molar-refractivity contribution in [2.75, 3.05) is 26.9 Å². The zero-order chi connectivity index (χ0) is 16.4. The SMILES string of the molecule is COc1cc2nc(N)ncc2cc1OC1CCC(N(C)C)CC1. The smallest absolute Gasteiger partial charge is 0.220 e. The number of hydrogen-bond acceptors (Lipinski definition) is 6. The average molecular weight is 316 g/mol. The van der Waals surface area contributed by atoms with Crippen LogP contribution in [0.4, 0.5) is 5.95 Å². The number of benzene rings is 1. The minimum atomic E-state index is 0.229. The molecule has 0 bridgehead atoms. The Hall–Kier alpha value is -2.08. The Bertz CT molecular complexity index is 682. The van der Waals surface area contributed by atoms with E-state index in [1.807, 2.05) is 12.1 Å². The summed E-state index contributed by atoms with van der Waals surface area (Å²) in [6, 6.07) is 4.45. The van der Waals surface area contributed by atoms with Crippen LogP contribution in [0.1, 0.15) is 25.7 Å². The predicted octanol–water partition coefficient (Wildman–Crippen LogP) is 2.47. The summed E-state index contributed by atoms with van der Waals surface area (Å²) < 4.78 is 11.7. The van der Waals surface area contributed by atoms with Crippen LogP contribution in [-0.4, -0.2) is 48.2 Å². The molecule has 0 saturated heterocycles. The number of methoxy groups -OCH3 is 1. The normalized spacial score (nSPS) is 21.6. The lowest BCUT2D eigenvalue weighted by Gasteiger charge is -2.33. The van der Waals surface area contributed by atoms with E-state index in [-0.39, 0.29) is 12.1 Å². The van der Waals surface area contributed by atoms with Gasteiger partial charge in [-0.2, -0.15) is 0 Å². The first kappa shape index (κ1) is 15.8. The number of ether oxygens (including phenoxy) is 2. The van der Waals surface area contributed by atoms with Crippen molar-refractivity contribution < 1.29 is 9.47 Å². The second-order valence-electron chi connectivity index (χ2n) is 6.30. The predicted molar refractivity (Wildman–Crippen MR) is 90.9 cm³/mol. The number of aromatic nitrogens is 2. The number of fused-ring (bicyclic) bond motifs is 1. The van der Waals surface area contributed by atoms with E-state index >= 15 is 0 Å². The van der Waals surface area contributed by atoms with Gasteiger partial charge in [0.25, 0.3) is 0 Å². The van der Waals surface area contributed by atoms with E-state index in [4.69, 9.17) is 15.2 Å². The van der Waals surface area contributed by atoms with E-state index in [0.717, 1.165) is 42.3 Å². The van der Waals surface area contributed by atoms with Gasteiger partial charge in [-0.3, -0.25) is 0 Å². The summed E-state index contributed by atoms with van der Waals surface area (Å²) in [5, 5.41) is 0.900. The lowest BCUT2D eigenvalue weighted by molar-refractivity contribution is 0.108. The van der Waals surface area contributed by atoms with E-state index in [2.05, 4.69) is 29.0 Å². The Labute approximate surface area is 136 Å². The summed E-state index contributed by atoms with van der Waals surface area (Å²) in [6.07, 6.45) is 6.38. The molecule has 1 aliphatic rings. The van der Waals surface area contributed by atoms with Gasteiger partial charge in [-0.25, -0.2) is 9.97 Å². The second kappa shape index (κ2) is 6.58. The highest BCUT2D eigenvalue weighted by Gasteiger charge is 2.24. The Balaban J connectivity index is 1.78. The van der Waals surface area contributed by atoms with Gasteiger partial charge >= 0.3 is 0 Å². The standard InChI is InChI=1S/C17H24N4O2/c1-21(2)12-4-6-13(7-5-12)23-16-8-11-10-19-17(18)20-14(11)9-15(16)22-3/h8-10,12-13H,4-7H2,1-3H3,(H2,18,19,20). The Morgan fingerprint density at radius 3 is 2.52 bits per heavy atom. The number of nitrogens with two attached hydrogens (primary N) is 1. The molecule has 6 nitrogen and oxygen atoms in total. The molecule has 23 heavy (non-hydrogen) atoms. The van der Waals surface area contributed by atoms with Gasteiger partial charge < -0.3 is 20.1 Å². The minimum Gasteiger partial charge on any atom is -0.493 e. The Morgan fingerprint density at radius 2 is 1.87 bits per heavy atom. The van der Waals surface area contributed by atoms with Gasteiger partial charge in [-0.1, -0.05) is 0 Å². The molecule has 6 heteroatoms. The van der Waals surface area contributed by atoms with E-state index in [1.165, 1.54) is 0 Å². The minimum absolute atomic E-state index is 0.229. The Kier molecular flexibility index (Phi) is 4.52. The lowest BCUT2D eigenvalue weighted by atomic mass is 9.92. The van der Waals surface area contributed by atoms with Crippen molar-refractivity contribution in [3.05, 3.63) is 18.3 Å². The molecule has 1 heterocycles. The van der Waals surface area contributed by atoms with Crippen molar-refractivity contribution in [3.8, 4) is 11.5 Å². The van der Waals surface area contributed by atoms with Crippen LogP contribution in [0, 0.1) is 0 Å². The van der Waals surface area contributed by atoms with Crippen molar-refractivity contribution in [2.45, 2.75) is 37.8 Å². The highest BCUT2D eigenvalue weighted by molar-refractivity contribution is 5.82. The van der Waals surface area contributed by atoms with Crippen LogP contribution in [0.5, 0.6) is 11.5 Å². The molecule has 3 rings (SSSR count). The van der Waals surface area contributed by atoms with Gasteiger partial charge in [0, 0.05) is 23.7 Å². The zero-order valence-corrected chi connectivity index (χ0v) is 14.0. The van der Waals surface area contributed by atoms with Crippen LogP contribution in [0.3, 0.4) is 0 Å². The molecule has 0 aliphatic heterocycles. The fourth-order valence-corrected chi connectivity index (χ4v) is 3.16. The molecule has 1 fully saturated rings. The molecule has 1 aliphatic carbocycles. The molecule has 1 aromatic carbocycles. The average Bonchev–Trinajstić information content (AvgIpc) is 2.55. The molecule has 2 aromatic rings. The van der Waals surface area contributed by atoms with Crippen molar-refractivity contribution in [1.82, 2.24) is 14.9 Å². The van der Waals surface area contributed by atoms with Crippen molar-refractivity contribution in [1.29, 1.82) is 0 Å². The number of nitrogen functional groups attached to an aromatic ring is 1. The summed E-state index contributed by atoms with van der Waals surface area (Å²) in [7, 11) is 5.93. The summed E-state index contributed by atoms with van der Waals surface area (Å²) in [4.78, 5) is 10.6. The van der Waals surface area contributed by atoms with Crippen LogP contribution in [-0.2, 0) is 0 Å². The van der Waals surface area contributed by atoms with E-state index in [1.54, 1.807) is 13.3 Å². The number of rotatable bonds is 4. The quantitative estimate of drug-likeness (QED) is 0.934. The molecular weight excluding hydrogens is 292 g/mol. The maximum atomic E-state index is 6.21. The summed E-state index contributed by atoms with van der Waals surface area (Å²) >= 11 is 0. The summed E-state index contributed by atoms with van der Waals surface area (Å²) in [5.74, 6) is 1.70. The molecule has 124 valence electrons. The van der Waals surface area contributed by atoms with Crippen LogP contribution in [0.25, 0.3) is 10.9 Å². The van der Waals surface area contributed by atoms with Gasteiger partial charge in [0.1, 0.15) is 0 Å². The first-order chi connectivity index (χ1) is 11.1. The van der Waals surface area contributed by atoms with Crippen LogP contribution < -0.4 is 15.2 Å². The lowest BCUT2D eigenvalue weighted by Crippen LogP contribution is -2.35. The van der Waals surface area contributed by atoms with E-state index in [0.29, 0.717) is 11.8 Å². The van der Waals surface area contributed by atoms with Crippen LogP contribution >= 0.6 is 0 Å². The molecule has 1 saturated carbocycles. The van der Waals surface area contributed by atoms with Gasteiger partial charge in [-0.15, -0.1) is 0 Å². The van der Waals surface area contributed by atoms with Gasteiger partial charge in [0.05, 0.1) is 18.7 Å². The highest BCUT2D eigenvalue weighted by Crippen LogP contribution is 2.34. The van der Waals surface area contributed by atoms with E-state index < -0.39 is 0 Å². The topological polar surface area (TPSA) is 73.5 Å².